The molecule has 21 heavy (non-hydrogen) atoms. The molecule has 0 unspecified atom stereocenters. The fourth-order valence-corrected chi connectivity index (χ4v) is 2.62. The van der Waals surface area contributed by atoms with Crippen molar-refractivity contribution >= 4 is 5.97 Å². The van der Waals surface area contributed by atoms with Crippen LogP contribution in [0.25, 0.3) is 0 Å². The molecule has 1 aliphatic rings. The number of aromatic carboxylic acids is 1. The lowest BCUT2D eigenvalue weighted by atomic mass is 9.95. The Labute approximate surface area is 123 Å². The number of hydrogen-bond donors (Lipinski definition) is 1. The molecule has 4 heteroatoms. The number of carboxylic acid groups (broad SMARTS) is 1. The van der Waals surface area contributed by atoms with Gasteiger partial charge in [0.25, 0.3) is 0 Å². The summed E-state index contributed by atoms with van der Waals surface area (Å²) in [6.07, 6.45) is 3.97. The molecule has 0 amide bonds. The van der Waals surface area contributed by atoms with E-state index >= 15 is 0 Å². The lowest BCUT2D eigenvalue weighted by molar-refractivity contribution is 0.0693. The zero-order valence-electron chi connectivity index (χ0n) is 11.9. The standard InChI is InChI=1S/C17H17NO3/c1-11-6-2-5-9-15(11)21-16-13(17(19)20)10-12-7-3-4-8-14(12)18-16/h2,5-6,9-10H,3-4,7-8H2,1H3,(H,19,20). The Morgan fingerprint density at radius 1 is 1.24 bits per heavy atom. The van der Waals surface area contributed by atoms with Crippen LogP contribution in [0.1, 0.15) is 40.0 Å². The average molecular weight is 283 g/mol. The van der Waals surface area contributed by atoms with E-state index in [2.05, 4.69) is 4.98 Å². The van der Waals surface area contributed by atoms with Gasteiger partial charge in [-0.25, -0.2) is 9.78 Å². The molecule has 2 aromatic rings. The van der Waals surface area contributed by atoms with E-state index in [-0.39, 0.29) is 11.4 Å². The molecule has 3 rings (SSSR count). The number of pyridine rings is 1. The van der Waals surface area contributed by atoms with Crippen molar-refractivity contribution in [3.05, 3.63) is 52.7 Å². The molecular weight excluding hydrogens is 266 g/mol. The van der Waals surface area contributed by atoms with E-state index in [0.717, 1.165) is 42.5 Å². The summed E-state index contributed by atoms with van der Waals surface area (Å²) in [6.45, 7) is 1.92. The SMILES string of the molecule is Cc1ccccc1Oc1nc2c(cc1C(=O)O)CCCC2. The van der Waals surface area contributed by atoms with Gasteiger partial charge in [-0.2, -0.15) is 0 Å². The van der Waals surface area contributed by atoms with Gasteiger partial charge in [-0.3, -0.25) is 0 Å². The van der Waals surface area contributed by atoms with Gasteiger partial charge in [0.1, 0.15) is 11.3 Å². The first-order valence-electron chi connectivity index (χ1n) is 7.15. The fourth-order valence-electron chi connectivity index (χ4n) is 2.62. The van der Waals surface area contributed by atoms with Crippen LogP contribution in [0.4, 0.5) is 0 Å². The lowest BCUT2D eigenvalue weighted by Crippen LogP contribution is -2.11. The van der Waals surface area contributed by atoms with E-state index in [1.165, 1.54) is 0 Å². The number of fused-ring (bicyclic) bond motifs is 1. The first-order valence-corrected chi connectivity index (χ1v) is 7.15. The molecule has 0 saturated heterocycles. The third kappa shape index (κ3) is 2.75. The van der Waals surface area contributed by atoms with E-state index in [0.29, 0.717) is 5.75 Å². The summed E-state index contributed by atoms with van der Waals surface area (Å²) in [4.78, 5) is 15.9. The van der Waals surface area contributed by atoms with E-state index in [1.54, 1.807) is 6.07 Å². The molecule has 0 atom stereocenters. The van der Waals surface area contributed by atoms with Crippen molar-refractivity contribution in [2.45, 2.75) is 32.6 Å². The molecule has 0 saturated carbocycles. The number of para-hydroxylation sites is 1. The smallest absolute Gasteiger partial charge is 0.341 e. The number of aromatic nitrogens is 1. The number of carboxylic acids is 1. The summed E-state index contributed by atoms with van der Waals surface area (Å²) in [5.41, 5.74) is 3.10. The van der Waals surface area contributed by atoms with Gasteiger partial charge in [0.05, 0.1) is 0 Å². The number of rotatable bonds is 3. The molecule has 1 aromatic heterocycles. The fraction of sp³-hybridized carbons (Fsp3) is 0.294. The number of carbonyl (C=O) groups is 1. The molecule has 0 radical (unpaired) electrons. The van der Waals surface area contributed by atoms with Gasteiger partial charge in [0.15, 0.2) is 0 Å². The number of hydrogen-bond acceptors (Lipinski definition) is 3. The second kappa shape index (κ2) is 5.56. The maximum absolute atomic E-state index is 11.5. The van der Waals surface area contributed by atoms with Crippen molar-refractivity contribution in [3.63, 3.8) is 0 Å². The highest BCUT2D eigenvalue weighted by atomic mass is 16.5. The molecular formula is C17H17NO3. The maximum Gasteiger partial charge on any atom is 0.341 e. The minimum atomic E-state index is -1.00. The number of nitrogens with zero attached hydrogens (tertiary/aromatic N) is 1. The normalized spacial score (nSPS) is 13.6. The molecule has 1 aromatic carbocycles. The van der Waals surface area contributed by atoms with E-state index in [4.69, 9.17) is 4.74 Å². The van der Waals surface area contributed by atoms with Gasteiger partial charge in [-0.1, -0.05) is 18.2 Å². The van der Waals surface area contributed by atoms with Crippen molar-refractivity contribution in [3.8, 4) is 11.6 Å². The Morgan fingerprint density at radius 3 is 2.76 bits per heavy atom. The molecule has 0 fully saturated rings. The molecule has 1 heterocycles. The van der Waals surface area contributed by atoms with E-state index < -0.39 is 5.97 Å². The van der Waals surface area contributed by atoms with Crippen LogP contribution < -0.4 is 4.74 Å². The highest BCUT2D eigenvalue weighted by Gasteiger charge is 2.20. The number of ether oxygens (including phenoxy) is 1. The van der Waals surface area contributed by atoms with Gasteiger partial charge in [0, 0.05) is 5.69 Å². The second-order valence-electron chi connectivity index (χ2n) is 5.33. The molecule has 4 nitrogen and oxygen atoms in total. The number of aryl methyl sites for hydroxylation is 3. The minimum Gasteiger partial charge on any atom is -0.477 e. The molecule has 1 aliphatic carbocycles. The predicted octanol–water partition coefficient (Wildman–Crippen LogP) is 3.76. The van der Waals surface area contributed by atoms with Crippen LogP contribution in [0.3, 0.4) is 0 Å². The Balaban J connectivity index is 2.04. The molecule has 108 valence electrons. The van der Waals surface area contributed by atoms with Crippen molar-refractivity contribution in [1.82, 2.24) is 4.98 Å². The van der Waals surface area contributed by atoms with Crippen molar-refractivity contribution in [2.75, 3.05) is 0 Å². The zero-order valence-corrected chi connectivity index (χ0v) is 11.9. The molecule has 0 aliphatic heterocycles. The van der Waals surface area contributed by atoms with Crippen molar-refractivity contribution in [2.24, 2.45) is 0 Å². The summed E-state index contributed by atoms with van der Waals surface area (Å²) >= 11 is 0. The summed E-state index contributed by atoms with van der Waals surface area (Å²) in [5, 5.41) is 9.39. The van der Waals surface area contributed by atoms with Crippen LogP contribution >= 0.6 is 0 Å². The zero-order chi connectivity index (χ0) is 14.8. The van der Waals surface area contributed by atoms with Crippen LogP contribution in [-0.4, -0.2) is 16.1 Å². The van der Waals surface area contributed by atoms with Gasteiger partial charge in [0.2, 0.25) is 5.88 Å². The third-order valence-corrected chi connectivity index (χ3v) is 3.80. The molecule has 0 bridgehead atoms. The summed E-state index contributed by atoms with van der Waals surface area (Å²) in [6, 6.07) is 9.25. The maximum atomic E-state index is 11.5. The van der Waals surface area contributed by atoms with Crippen LogP contribution in [0.5, 0.6) is 11.6 Å². The van der Waals surface area contributed by atoms with E-state index in [9.17, 15) is 9.90 Å². The molecule has 1 N–H and O–H groups in total. The summed E-state index contributed by atoms with van der Waals surface area (Å²) in [5.74, 6) is -0.167. The number of benzene rings is 1. The first kappa shape index (κ1) is 13.6. The molecule has 0 spiro atoms. The Morgan fingerprint density at radius 2 is 2.00 bits per heavy atom. The van der Waals surface area contributed by atoms with Crippen molar-refractivity contribution in [1.29, 1.82) is 0 Å². The van der Waals surface area contributed by atoms with Crippen LogP contribution in [-0.2, 0) is 12.8 Å². The lowest BCUT2D eigenvalue weighted by Gasteiger charge is -2.18. The van der Waals surface area contributed by atoms with Gasteiger partial charge < -0.3 is 9.84 Å². The van der Waals surface area contributed by atoms with Gasteiger partial charge >= 0.3 is 5.97 Å². The van der Waals surface area contributed by atoms with Crippen molar-refractivity contribution < 1.29 is 14.6 Å². The van der Waals surface area contributed by atoms with Crippen LogP contribution in [0, 0.1) is 6.92 Å². The van der Waals surface area contributed by atoms with Crippen LogP contribution in [0.15, 0.2) is 30.3 Å². The summed E-state index contributed by atoms with van der Waals surface area (Å²) < 4.78 is 5.78. The highest BCUT2D eigenvalue weighted by molar-refractivity contribution is 5.90. The predicted molar refractivity (Wildman–Crippen MR) is 79.1 cm³/mol. The first-order chi connectivity index (χ1) is 10.1. The quantitative estimate of drug-likeness (QED) is 0.931. The van der Waals surface area contributed by atoms with Crippen LogP contribution in [0.2, 0.25) is 0 Å². The topological polar surface area (TPSA) is 59.4 Å². The third-order valence-electron chi connectivity index (χ3n) is 3.80. The van der Waals surface area contributed by atoms with Gasteiger partial charge in [-0.15, -0.1) is 0 Å². The Bertz CT molecular complexity index is 694. The minimum absolute atomic E-state index is 0.138. The second-order valence-corrected chi connectivity index (χ2v) is 5.33. The Hall–Kier alpha value is -2.36. The Kier molecular flexibility index (Phi) is 3.60. The highest BCUT2D eigenvalue weighted by Crippen LogP contribution is 2.30. The monoisotopic (exact) mass is 283 g/mol. The van der Waals surface area contributed by atoms with Gasteiger partial charge in [-0.05, 0) is 55.9 Å². The summed E-state index contributed by atoms with van der Waals surface area (Å²) in [7, 11) is 0. The average Bonchev–Trinajstić information content (AvgIpc) is 2.48. The van der Waals surface area contributed by atoms with E-state index in [1.807, 2.05) is 31.2 Å². The largest absolute Gasteiger partial charge is 0.477 e.